The molecule has 0 fully saturated rings. The van der Waals surface area contributed by atoms with Crippen LogP contribution in [0.2, 0.25) is 6.32 Å². The molecular weight excluding hydrogens is 478 g/mol. The van der Waals surface area contributed by atoms with Gasteiger partial charge in [-0.05, 0) is 52.8 Å². The van der Waals surface area contributed by atoms with E-state index in [4.69, 9.17) is 7.85 Å². The number of nitrogens with one attached hydrogen (secondary N) is 1. The summed E-state index contributed by atoms with van der Waals surface area (Å²) < 4.78 is 13.6. The first-order valence-electron chi connectivity index (χ1n) is 13.8. The number of nitrogens with zero attached hydrogens (tertiary/aromatic N) is 1. The van der Waals surface area contributed by atoms with Gasteiger partial charge >= 0.3 is 0 Å². The van der Waals surface area contributed by atoms with Crippen LogP contribution in [0.15, 0.2) is 115 Å². The molecule has 0 amide bonds. The second kappa shape index (κ2) is 14.9. The van der Waals surface area contributed by atoms with Crippen LogP contribution in [0, 0.1) is 5.82 Å². The van der Waals surface area contributed by atoms with Crippen LogP contribution in [0.3, 0.4) is 0 Å². The number of H-pyrrole nitrogens is 1. The molecule has 0 bridgehead atoms. The van der Waals surface area contributed by atoms with Crippen molar-refractivity contribution in [2.45, 2.75) is 51.3 Å². The zero-order chi connectivity index (χ0) is 27.3. The minimum atomic E-state index is -0.176. The molecule has 1 N–H and O–H groups in total. The highest BCUT2D eigenvalue weighted by atomic mass is 19.1. The van der Waals surface area contributed by atoms with Gasteiger partial charge in [0.05, 0.1) is 7.85 Å². The number of aryl methyl sites for hydroxylation is 1. The van der Waals surface area contributed by atoms with E-state index >= 15 is 0 Å². The van der Waals surface area contributed by atoms with Crippen molar-refractivity contribution in [3.8, 4) is 0 Å². The average Bonchev–Trinajstić information content (AvgIpc) is 3.41. The molecule has 2 radical (unpaired) electrons. The smallest absolute Gasteiger partial charge is 0.123 e. The molecule has 39 heavy (non-hydrogen) atoms. The molecule has 2 nitrogen and oxygen atoms in total. The third-order valence-corrected chi connectivity index (χ3v) is 6.82. The second-order valence-corrected chi connectivity index (χ2v) is 9.82. The van der Waals surface area contributed by atoms with Gasteiger partial charge in [-0.1, -0.05) is 117 Å². The summed E-state index contributed by atoms with van der Waals surface area (Å²) in [7, 11) is 5.63. The fourth-order valence-electron chi connectivity index (χ4n) is 4.84. The number of halogens is 1. The Morgan fingerprint density at radius 3 is 1.92 bits per heavy atom. The lowest BCUT2D eigenvalue weighted by Crippen LogP contribution is -2.00. The molecule has 0 saturated carbocycles. The first-order valence-corrected chi connectivity index (χ1v) is 13.8. The number of hydrogen-bond acceptors (Lipinski definition) is 1. The summed E-state index contributed by atoms with van der Waals surface area (Å²) in [6.07, 6.45) is 7.09. The van der Waals surface area contributed by atoms with Crippen molar-refractivity contribution in [2.24, 2.45) is 0 Å². The van der Waals surface area contributed by atoms with E-state index in [0.717, 1.165) is 54.6 Å². The summed E-state index contributed by atoms with van der Waals surface area (Å²) in [6, 6.07) is 36.8. The molecule has 5 aromatic rings. The molecule has 0 aliphatic heterocycles. The number of benzene rings is 4. The summed E-state index contributed by atoms with van der Waals surface area (Å²) in [5.74, 6) is 1.17. The van der Waals surface area contributed by atoms with E-state index in [1.165, 1.54) is 16.7 Å². The first-order chi connectivity index (χ1) is 19.1. The van der Waals surface area contributed by atoms with E-state index in [-0.39, 0.29) is 5.82 Å². The Bertz CT molecular complexity index is 1340. The zero-order valence-corrected chi connectivity index (χ0v) is 22.7. The molecule has 5 rings (SSSR count). The maximum absolute atomic E-state index is 13.6. The third-order valence-electron chi connectivity index (χ3n) is 6.82. The molecule has 0 unspecified atom stereocenters. The monoisotopic (exact) mass is 514 g/mol. The Morgan fingerprint density at radius 2 is 1.33 bits per heavy atom. The van der Waals surface area contributed by atoms with Crippen LogP contribution in [0.5, 0.6) is 0 Å². The summed E-state index contributed by atoms with van der Waals surface area (Å²) in [6.45, 7) is 2.03. The standard InChI is InChI=1S/C19H19FN2.C16H17B/c1-2-14-8-16(10-17(20)9-14)12-19-21-13-18(22-19)11-15-6-4-3-5-7-15;17-13-7-12-16(14-8-3-1-4-9-14)15-10-5-2-6-11-15/h3-10,13H,2,11-12H2,1H3,(H,21,22);1-6,8-11,16H,7,12-13H2. The fourth-order valence-corrected chi connectivity index (χ4v) is 4.84. The van der Waals surface area contributed by atoms with Crippen molar-refractivity contribution in [2.75, 3.05) is 0 Å². The predicted molar refractivity (Wildman–Crippen MR) is 161 cm³/mol. The summed E-state index contributed by atoms with van der Waals surface area (Å²) in [4.78, 5) is 7.75. The van der Waals surface area contributed by atoms with Gasteiger partial charge in [0.15, 0.2) is 0 Å². The van der Waals surface area contributed by atoms with Crippen molar-refractivity contribution >= 4 is 7.85 Å². The molecule has 0 aliphatic rings. The van der Waals surface area contributed by atoms with Crippen LogP contribution >= 0.6 is 0 Å². The molecule has 196 valence electrons. The van der Waals surface area contributed by atoms with Crippen LogP contribution in [0.4, 0.5) is 4.39 Å². The van der Waals surface area contributed by atoms with Crippen molar-refractivity contribution in [3.63, 3.8) is 0 Å². The van der Waals surface area contributed by atoms with E-state index in [1.807, 2.05) is 37.4 Å². The maximum Gasteiger partial charge on any atom is 0.123 e. The van der Waals surface area contributed by atoms with Crippen molar-refractivity contribution in [1.29, 1.82) is 0 Å². The number of aromatic nitrogens is 2. The summed E-state index contributed by atoms with van der Waals surface area (Å²) in [5.41, 5.74) is 7.06. The van der Waals surface area contributed by atoms with Gasteiger partial charge in [-0.15, -0.1) is 0 Å². The van der Waals surface area contributed by atoms with Crippen molar-refractivity contribution in [1.82, 2.24) is 9.97 Å². The normalized spacial score (nSPS) is 10.7. The number of rotatable bonds is 10. The van der Waals surface area contributed by atoms with Crippen molar-refractivity contribution in [3.05, 3.63) is 161 Å². The summed E-state index contributed by atoms with van der Waals surface area (Å²) >= 11 is 0. The molecule has 4 aromatic carbocycles. The van der Waals surface area contributed by atoms with Crippen molar-refractivity contribution < 1.29 is 4.39 Å². The predicted octanol–water partition coefficient (Wildman–Crippen LogP) is 8.48. The molecular formula is C35H36BFN2. The molecule has 1 heterocycles. The van der Waals surface area contributed by atoms with Gasteiger partial charge in [0.1, 0.15) is 11.6 Å². The zero-order valence-electron chi connectivity index (χ0n) is 22.7. The largest absolute Gasteiger partial charge is 0.345 e. The minimum absolute atomic E-state index is 0.176. The fraction of sp³-hybridized carbons (Fsp3) is 0.229. The van der Waals surface area contributed by atoms with Gasteiger partial charge in [-0.25, -0.2) is 9.37 Å². The Labute approximate surface area is 233 Å². The Morgan fingerprint density at radius 1 is 0.744 bits per heavy atom. The third kappa shape index (κ3) is 8.82. The molecule has 0 saturated heterocycles. The lowest BCUT2D eigenvalue weighted by molar-refractivity contribution is 0.623. The lowest BCUT2D eigenvalue weighted by Gasteiger charge is -2.17. The molecule has 1 aromatic heterocycles. The van der Waals surface area contributed by atoms with Crippen LogP contribution in [0.25, 0.3) is 0 Å². The Kier molecular flexibility index (Phi) is 10.7. The number of aromatic amines is 1. The van der Waals surface area contributed by atoms with Gasteiger partial charge in [0.25, 0.3) is 0 Å². The lowest BCUT2D eigenvalue weighted by atomic mass is 9.85. The van der Waals surface area contributed by atoms with E-state index in [0.29, 0.717) is 12.3 Å². The van der Waals surface area contributed by atoms with Crippen LogP contribution in [0.1, 0.15) is 65.0 Å². The Balaban J connectivity index is 0.000000187. The van der Waals surface area contributed by atoms with E-state index in [9.17, 15) is 4.39 Å². The van der Waals surface area contributed by atoms with Gasteiger partial charge in [0.2, 0.25) is 0 Å². The Hall–Kier alpha value is -3.92. The van der Waals surface area contributed by atoms with Crippen LogP contribution in [-0.2, 0) is 19.3 Å². The van der Waals surface area contributed by atoms with Gasteiger partial charge in [0, 0.05) is 30.7 Å². The van der Waals surface area contributed by atoms with E-state index < -0.39 is 0 Å². The topological polar surface area (TPSA) is 28.7 Å². The SMILES string of the molecule is CCc1cc(F)cc(Cc2ncc(Cc3ccccc3)[nH]2)c1.[B]CCCC(c1ccccc1)c1ccccc1. The second-order valence-electron chi connectivity index (χ2n) is 9.82. The highest BCUT2D eigenvalue weighted by Gasteiger charge is 2.12. The number of imidazole rings is 1. The first kappa shape index (κ1) is 28.1. The van der Waals surface area contributed by atoms with Gasteiger partial charge in [-0.3, -0.25) is 0 Å². The van der Waals surface area contributed by atoms with E-state index in [1.54, 1.807) is 12.1 Å². The molecule has 4 heteroatoms. The van der Waals surface area contributed by atoms with Gasteiger partial charge < -0.3 is 4.98 Å². The number of hydrogen-bond donors (Lipinski definition) is 1. The highest BCUT2D eigenvalue weighted by molar-refractivity contribution is 6.08. The van der Waals surface area contributed by atoms with Gasteiger partial charge in [-0.2, -0.15) is 0 Å². The maximum atomic E-state index is 13.6. The summed E-state index contributed by atoms with van der Waals surface area (Å²) in [5, 5.41) is 0. The quantitative estimate of drug-likeness (QED) is 0.186. The highest BCUT2D eigenvalue weighted by Crippen LogP contribution is 2.29. The molecule has 0 atom stereocenters. The van der Waals surface area contributed by atoms with E-state index in [2.05, 4.69) is 82.8 Å². The minimum Gasteiger partial charge on any atom is -0.345 e. The average molecular weight is 514 g/mol. The van der Waals surface area contributed by atoms with Crippen LogP contribution < -0.4 is 0 Å². The molecule has 0 spiro atoms. The van der Waals surface area contributed by atoms with Crippen LogP contribution in [-0.4, -0.2) is 17.8 Å². The molecule has 0 aliphatic carbocycles.